The minimum absolute atomic E-state index is 0.958. The topological polar surface area (TPSA) is 12.0 Å². The zero-order valence-electron chi connectivity index (χ0n) is 9.84. The van der Waals surface area contributed by atoms with Gasteiger partial charge in [-0.3, -0.25) is 0 Å². The van der Waals surface area contributed by atoms with E-state index in [0.29, 0.717) is 0 Å². The number of hydrogen-bond donors (Lipinski definition) is 1. The molecule has 1 nitrogen and oxygen atoms in total. The van der Waals surface area contributed by atoms with E-state index in [1.165, 1.54) is 0 Å². The lowest BCUT2D eigenvalue weighted by molar-refractivity contribution is 1.13. The predicted octanol–water partition coefficient (Wildman–Crippen LogP) is 4.06. The summed E-state index contributed by atoms with van der Waals surface area (Å²) in [6, 6.07) is 10.1. The van der Waals surface area contributed by atoms with Crippen molar-refractivity contribution in [2.24, 2.45) is 0 Å². The number of benzene rings is 1. The molecular weight excluding hydrogens is 206 g/mol. The van der Waals surface area contributed by atoms with Crippen molar-refractivity contribution in [1.29, 1.82) is 0 Å². The largest absolute Gasteiger partial charge is 0.362 e. The summed E-state index contributed by atoms with van der Waals surface area (Å²) in [6.07, 6.45) is 13.1. The molecule has 86 valence electrons. The van der Waals surface area contributed by atoms with Crippen LogP contribution in [0.2, 0.25) is 0 Å². The van der Waals surface area contributed by atoms with Crippen molar-refractivity contribution in [3.8, 4) is 0 Å². The standard InChI is InChI=1S/C16H17N/c1-3-5-6-10-13-17-16(4-2)14-15-11-8-7-9-12-15/h3-14,17H,1-2H2/b6-5-,13-10+,16-14+. The van der Waals surface area contributed by atoms with E-state index in [0.717, 1.165) is 11.3 Å². The van der Waals surface area contributed by atoms with Crippen LogP contribution >= 0.6 is 0 Å². The Bertz CT molecular complexity index is 436. The second-order valence-corrected chi connectivity index (χ2v) is 3.34. The van der Waals surface area contributed by atoms with E-state index >= 15 is 0 Å². The molecule has 0 aliphatic heterocycles. The van der Waals surface area contributed by atoms with Crippen LogP contribution in [0.15, 0.2) is 85.8 Å². The molecule has 0 saturated heterocycles. The molecule has 1 N–H and O–H groups in total. The number of allylic oxidation sites excluding steroid dienone is 5. The Morgan fingerprint density at radius 3 is 2.41 bits per heavy atom. The molecule has 1 heteroatoms. The van der Waals surface area contributed by atoms with Crippen molar-refractivity contribution in [3.63, 3.8) is 0 Å². The van der Waals surface area contributed by atoms with Gasteiger partial charge in [-0.15, -0.1) is 0 Å². The molecule has 0 saturated carbocycles. The van der Waals surface area contributed by atoms with Crippen molar-refractivity contribution >= 4 is 6.08 Å². The second kappa shape index (κ2) is 7.94. The van der Waals surface area contributed by atoms with Crippen LogP contribution in [0.5, 0.6) is 0 Å². The van der Waals surface area contributed by atoms with Gasteiger partial charge in [0.05, 0.1) is 0 Å². The van der Waals surface area contributed by atoms with Gasteiger partial charge in [0.1, 0.15) is 0 Å². The molecule has 0 aromatic heterocycles. The monoisotopic (exact) mass is 223 g/mol. The molecule has 0 aliphatic carbocycles. The van der Waals surface area contributed by atoms with Crippen molar-refractivity contribution in [1.82, 2.24) is 5.32 Å². The molecule has 0 heterocycles. The van der Waals surface area contributed by atoms with E-state index in [9.17, 15) is 0 Å². The maximum Gasteiger partial charge on any atom is 0.0379 e. The van der Waals surface area contributed by atoms with Crippen molar-refractivity contribution in [2.45, 2.75) is 0 Å². The summed E-state index contributed by atoms with van der Waals surface area (Å²) in [5, 5.41) is 3.15. The summed E-state index contributed by atoms with van der Waals surface area (Å²) in [7, 11) is 0. The van der Waals surface area contributed by atoms with Gasteiger partial charge in [-0.1, -0.05) is 61.7 Å². The van der Waals surface area contributed by atoms with Gasteiger partial charge in [-0.25, -0.2) is 0 Å². The summed E-state index contributed by atoms with van der Waals surface area (Å²) in [5.41, 5.74) is 2.10. The average Bonchev–Trinajstić information content (AvgIpc) is 2.38. The molecule has 0 unspecified atom stereocenters. The third-order valence-electron chi connectivity index (χ3n) is 2.05. The van der Waals surface area contributed by atoms with Crippen molar-refractivity contribution in [2.75, 3.05) is 0 Å². The van der Waals surface area contributed by atoms with Gasteiger partial charge in [0.2, 0.25) is 0 Å². The third-order valence-corrected chi connectivity index (χ3v) is 2.05. The zero-order chi connectivity index (χ0) is 12.3. The highest BCUT2D eigenvalue weighted by atomic mass is 14.8. The lowest BCUT2D eigenvalue weighted by Gasteiger charge is -2.01. The Morgan fingerprint density at radius 1 is 1.00 bits per heavy atom. The molecule has 1 aromatic carbocycles. The average molecular weight is 223 g/mol. The molecule has 0 bridgehead atoms. The Morgan fingerprint density at radius 2 is 1.76 bits per heavy atom. The summed E-state index contributed by atoms with van der Waals surface area (Å²) in [6.45, 7) is 7.37. The molecule has 0 radical (unpaired) electrons. The van der Waals surface area contributed by atoms with Crippen molar-refractivity contribution in [3.05, 3.63) is 91.3 Å². The van der Waals surface area contributed by atoms with E-state index in [1.807, 2.05) is 60.8 Å². The quantitative estimate of drug-likeness (QED) is 0.717. The fraction of sp³-hybridized carbons (Fsp3) is 0. The van der Waals surface area contributed by atoms with E-state index in [4.69, 9.17) is 0 Å². The first-order valence-electron chi connectivity index (χ1n) is 5.47. The fourth-order valence-corrected chi connectivity index (χ4v) is 1.23. The molecule has 0 atom stereocenters. The lowest BCUT2D eigenvalue weighted by Crippen LogP contribution is -2.01. The van der Waals surface area contributed by atoms with E-state index in [2.05, 4.69) is 18.5 Å². The fourth-order valence-electron chi connectivity index (χ4n) is 1.23. The van der Waals surface area contributed by atoms with E-state index < -0.39 is 0 Å². The first-order chi connectivity index (χ1) is 8.36. The van der Waals surface area contributed by atoms with Crippen LogP contribution in [0.3, 0.4) is 0 Å². The van der Waals surface area contributed by atoms with Crippen LogP contribution in [-0.2, 0) is 0 Å². The summed E-state index contributed by atoms with van der Waals surface area (Å²) in [5.74, 6) is 0. The molecule has 0 aliphatic rings. The summed E-state index contributed by atoms with van der Waals surface area (Å²) >= 11 is 0. The van der Waals surface area contributed by atoms with Gasteiger partial charge < -0.3 is 5.32 Å². The highest BCUT2D eigenvalue weighted by Gasteiger charge is 1.88. The SMILES string of the molecule is C=C/C=C\C=C\N/C(C=C)=C/c1ccccc1. The van der Waals surface area contributed by atoms with E-state index in [1.54, 1.807) is 12.2 Å². The predicted molar refractivity (Wildman–Crippen MR) is 76.2 cm³/mol. The highest BCUT2D eigenvalue weighted by molar-refractivity contribution is 5.55. The molecule has 17 heavy (non-hydrogen) atoms. The van der Waals surface area contributed by atoms with Gasteiger partial charge in [-0.2, -0.15) is 0 Å². The van der Waals surface area contributed by atoms with Gasteiger partial charge in [-0.05, 0) is 23.8 Å². The van der Waals surface area contributed by atoms with Crippen LogP contribution in [0.1, 0.15) is 5.56 Å². The molecule has 0 spiro atoms. The zero-order valence-corrected chi connectivity index (χ0v) is 9.84. The first-order valence-corrected chi connectivity index (χ1v) is 5.47. The normalized spacial score (nSPS) is 11.9. The maximum absolute atomic E-state index is 3.77. The third kappa shape index (κ3) is 5.38. The minimum atomic E-state index is 0.958. The Balaban J connectivity index is 2.63. The Kier molecular flexibility index (Phi) is 5.97. The first kappa shape index (κ1) is 12.8. The van der Waals surface area contributed by atoms with Gasteiger partial charge >= 0.3 is 0 Å². The summed E-state index contributed by atoms with van der Waals surface area (Å²) < 4.78 is 0. The number of rotatable bonds is 6. The minimum Gasteiger partial charge on any atom is -0.362 e. The molecular formula is C16H17N. The van der Waals surface area contributed by atoms with E-state index in [-0.39, 0.29) is 0 Å². The smallest absolute Gasteiger partial charge is 0.0379 e. The van der Waals surface area contributed by atoms with Crippen LogP contribution in [0.4, 0.5) is 0 Å². The second-order valence-electron chi connectivity index (χ2n) is 3.34. The number of hydrogen-bond acceptors (Lipinski definition) is 1. The molecule has 1 rings (SSSR count). The Hall–Kier alpha value is -2.28. The van der Waals surface area contributed by atoms with Crippen LogP contribution in [0.25, 0.3) is 6.08 Å². The lowest BCUT2D eigenvalue weighted by atomic mass is 10.2. The van der Waals surface area contributed by atoms with Gasteiger partial charge in [0.15, 0.2) is 0 Å². The summed E-state index contributed by atoms with van der Waals surface area (Å²) in [4.78, 5) is 0. The van der Waals surface area contributed by atoms with Crippen LogP contribution in [0, 0.1) is 0 Å². The van der Waals surface area contributed by atoms with Crippen molar-refractivity contribution < 1.29 is 0 Å². The Labute approximate surface area is 103 Å². The van der Waals surface area contributed by atoms with Gasteiger partial charge in [0.25, 0.3) is 0 Å². The van der Waals surface area contributed by atoms with Gasteiger partial charge in [0, 0.05) is 11.9 Å². The van der Waals surface area contributed by atoms with Crippen LogP contribution in [-0.4, -0.2) is 0 Å². The van der Waals surface area contributed by atoms with Crippen LogP contribution < -0.4 is 5.32 Å². The highest BCUT2D eigenvalue weighted by Crippen LogP contribution is 2.05. The molecule has 1 aromatic rings. The number of nitrogens with one attached hydrogen (secondary N) is 1. The maximum atomic E-state index is 3.77. The molecule has 0 amide bonds. The molecule has 0 fully saturated rings.